The second kappa shape index (κ2) is 6.94. The highest BCUT2D eigenvalue weighted by atomic mass is 35.5. The summed E-state index contributed by atoms with van der Waals surface area (Å²) in [5.41, 5.74) is 7.33. The maximum absolute atomic E-state index is 12.7. The van der Waals surface area contributed by atoms with Crippen molar-refractivity contribution in [3.63, 3.8) is 0 Å². The minimum atomic E-state index is 0. The first-order valence-electron chi connectivity index (χ1n) is 7.30. The highest BCUT2D eigenvalue weighted by molar-refractivity contribution is 5.95. The van der Waals surface area contributed by atoms with E-state index in [0.717, 1.165) is 18.7 Å². The zero-order chi connectivity index (χ0) is 14.8. The molecule has 2 aromatic rings. The fourth-order valence-electron chi connectivity index (χ4n) is 2.96. The number of aromatic nitrogens is 2. The molecule has 0 saturated carbocycles. The zero-order valence-electron chi connectivity index (χ0n) is 12.6. The number of carbonyl (C=O) groups excluding carboxylic acids is 1. The molecule has 2 heterocycles. The fourth-order valence-corrected chi connectivity index (χ4v) is 2.96. The van der Waals surface area contributed by atoms with E-state index in [0.29, 0.717) is 18.0 Å². The Morgan fingerprint density at radius 3 is 2.86 bits per heavy atom. The smallest absolute Gasteiger partial charge is 0.254 e. The summed E-state index contributed by atoms with van der Waals surface area (Å²) < 4.78 is 1.76. The summed E-state index contributed by atoms with van der Waals surface area (Å²) >= 11 is 0. The number of halogens is 1. The number of nitrogens with two attached hydrogens (primary N) is 1. The quantitative estimate of drug-likeness (QED) is 0.942. The Bertz CT molecular complexity index is 629. The molecular weight excluding hydrogens is 300 g/mol. The number of hydrogen-bond donors (Lipinski definition) is 1. The monoisotopic (exact) mass is 320 g/mol. The third-order valence-electron chi connectivity index (χ3n) is 4.12. The second-order valence-corrected chi connectivity index (χ2v) is 5.64. The van der Waals surface area contributed by atoms with Crippen molar-refractivity contribution in [2.45, 2.75) is 19.4 Å². The molecule has 22 heavy (non-hydrogen) atoms. The highest BCUT2D eigenvalue weighted by Crippen LogP contribution is 2.24. The Labute approximate surface area is 136 Å². The molecule has 1 amide bonds. The molecule has 0 bridgehead atoms. The van der Waals surface area contributed by atoms with E-state index in [1.54, 1.807) is 10.9 Å². The molecule has 1 fully saturated rings. The predicted molar refractivity (Wildman–Crippen MR) is 88.5 cm³/mol. The van der Waals surface area contributed by atoms with Gasteiger partial charge < -0.3 is 10.6 Å². The topological polar surface area (TPSA) is 64.2 Å². The molecule has 0 radical (unpaired) electrons. The summed E-state index contributed by atoms with van der Waals surface area (Å²) in [6, 6.07) is 9.70. The summed E-state index contributed by atoms with van der Waals surface area (Å²) in [5, 5.41) is 4.20. The van der Waals surface area contributed by atoms with Gasteiger partial charge in [-0.25, -0.2) is 4.68 Å². The molecule has 3 rings (SSSR count). The van der Waals surface area contributed by atoms with Crippen LogP contribution in [0.5, 0.6) is 0 Å². The van der Waals surface area contributed by atoms with Crippen LogP contribution in [-0.2, 0) is 0 Å². The predicted octanol–water partition coefficient (Wildman–Crippen LogP) is 2.10. The van der Waals surface area contributed by atoms with Crippen LogP contribution in [0.3, 0.4) is 0 Å². The molecule has 1 saturated heterocycles. The van der Waals surface area contributed by atoms with Crippen LogP contribution < -0.4 is 5.73 Å². The molecule has 0 spiro atoms. The lowest BCUT2D eigenvalue weighted by Crippen LogP contribution is -2.34. The average Bonchev–Trinajstić information content (AvgIpc) is 3.16. The van der Waals surface area contributed by atoms with Crippen molar-refractivity contribution in [2.75, 3.05) is 13.1 Å². The summed E-state index contributed by atoms with van der Waals surface area (Å²) in [4.78, 5) is 14.6. The molecule has 6 heteroatoms. The van der Waals surface area contributed by atoms with Crippen LogP contribution in [0.2, 0.25) is 0 Å². The van der Waals surface area contributed by atoms with Crippen molar-refractivity contribution in [1.29, 1.82) is 0 Å². The SMILES string of the molecule is CC1CC(CN)CN1C(=O)c1cccc(-n2cccn2)c1.Cl. The first-order valence-corrected chi connectivity index (χ1v) is 7.30. The summed E-state index contributed by atoms with van der Waals surface area (Å²) in [5.74, 6) is 0.491. The van der Waals surface area contributed by atoms with Gasteiger partial charge in [-0.3, -0.25) is 4.79 Å². The van der Waals surface area contributed by atoms with E-state index in [9.17, 15) is 4.79 Å². The highest BCUT2D eigenvalue weighted by Gasteiger charge is 2.32. The standard InChI is InChI=1S/C16H20N4O.ClH/c1-12-8-13(10-17)11-19(12)16(21)14-4-2-5-15(9-14)20-7-3-6-18-20;/h2-7,9,12-13H,8,10-11,17H2,1H3;1H. The minimum Gasteiger partial charge on any atom is -0.336 e. The van der Waals surface area contributed by atoms with Crippen LogP contribution in [0.4, 0.5) is 0 Å². The second-order valence-electron chi connectivity index (χ2n) is 5.64. The van der Waals surface area contributed by atoms with Crippen molar-refractivity contribution in [1.82, 2.24) is 14.7 Å². The normalized spacial score (nSPS) is 20.7. The van der Waals surface area contributed by atoms with Gasteiger partial charge in [0, 0.05) is 30.5 Å². The van der Waals surface area contributed by atoms with E-state index >= 15 is 0 Å². The van der Waals surface area contributed by atoms with E-state index in [1.807, 2.05) is 41.4 Å². The van der Waals surface area contributed by atoms with E-state index in [2.05, 4.69) is 12.0 Å². The van der Waals surface area contributed by atoms with E-state index in [1.165, 1.54) is 0 Å². The van der Waals surface area contributed by atoms with Crippen LogP contribution in [0, 0.1) is 5.92 Å². The Hall–Kier alpha value is -1.85. The van der Waals surface area contributed by atoms with Gasteiger partial charge in [0.25, 0.3) is 5.91 Å². The van der Waals surface area contributed by atoms with Crippen LogP contribution in [0.1, 0.15) is 23.7 Å². The minimum absolute atomic E-state index is 0. The van der Waals surface area contributed by atoms with Gasteiger partial charge in [-0.1, -0.05) is 6.07 Å². The molecule has 5 nitrogen and oxygen atoms in total. The number of carbonyl (C=O) groups is 1. The van der Waals surface area contributed by atoms with Crippen molar-refractivity contribution < 1.29 is 4.79 Å². The zero-order valence-corrected chi connectivity index (χ0v) is 13.4. The molecule has 1 aliphatic rings. The van der Waals surface area contributed by atoms with Crippen molar-refractivity contribution in [3.8, 4) is 5.69 Å². The van der Waals surface area contributed by atoms with Gasteiger partial charge in [-0.05, 0) is 50.1 Å². The van der Waals surface area contributed by atoms with Crippen LogP contribution in [0.15, 0.2) is 42.7 Å². The third kappa shape index (κ3) is 3.15. The Morgan fingerprint density at radius 2 is 2.23 bits per heavy atom. The van der Waals surface area contributed by atoms with Crippen molar-refractivity contribution in [2.24, 2.45) is 11.7 Å². The number of nitrogens with zero attached hydrogens (tertiary/aromatic N) is 3. The summed E-state index contributed by atoms with van der Waals surface area (Å²) in [6.07, 6.45) is 4.58. The Kier molecular flexibility index (Phi) is 5.21. The fraction of sp³-hybridized carbons (Fsp3) is 0.375. The molecule has 2 N–H and O–H groups in total. The molecule has 1 aromatic heterocycles. The molecule has 118 valence electrons. The lowest BCUT2D eigenvalue weighted by atomic mass is 10.1. The molecule has 2 atom stereocenters. The van der Waals surface area contributed by atoms with Gasteiger partial charge in [-0.15, -0.1) is 12.4 Å². The number of amides is 1. The molecule has 2 unspecified atom stereocenters. The largest absolute Gasteiger partial charge is 0.336 e. The van der Waals surface area contributed by atoms with Gasteiger partial charge in [-0.2, -0.15) is 5.10 Å². The van der Waals surface area contributed by atoms with Crippen molar-refractivity contribution in [3.05, 3.63) is 48.3 Å². The molecule has 1 aliphatic heterocycles. The van der Waals surface area contributed by atoms with Gasteiger partial charge in [0.2, 0.25) is 0 Å². The van der Waals surface area contributed by atoms with Gasteiger partial charge >= 0.3 is 0 Å². The first-order chi connectivity index (χ1) is 10.2. The Balaban J connectivity index is 0.00000176. The van der Waals surface area contributed by atoms with Gasteiger partial charge in [0.15, 0.2) is 0 Å². The molecule has 0 aliphatic carbocycles. The summed E-state index contributed by atoms with van der Waals surface area (Å²) in [7, 11) is 0. The lowest BCUT2D eigenvalue weighted by molar-refractivity contribution is 0.0743. The Morgan fingerprint density at radius 1 is 1.41 bits per heavy atom. The number of hydrogen-bond acceptors (Lipinski definition) is 3. The number of likely N-dealkylation sites (tertiary alicyclic amines) is 1. The molecular formula is C16H21ClN4O. The van der Waals surface area contributed by atoms with Crippen molar-refractivity contribution >= 4 is 18.3 Å². The first kappa shape index (κ1) is 16.5. The summed E-state index contributed by atoms with van der Waals surface area (Å²) in [6.45, 7) is 3.48. The number of benzene rings is 1. The van der Waals surface area contributed by atoms with E-state index < -0.39 is 0 Å². The van der Waals surface area contributed by atoms with E-state index in [4.69, 9.17) is 5.73 Å². The molecule has 1 aromatic carbocycles. The number of rotatable bonds is 3. The van der Waals surface area contributed by atoms with Crippen LogP contribution in [-0.4, -0.2) is 39.7 Å². The lowest BCUT2D eigenvalue weighted by Gasteiger charge is -2.21. The average molecular weight is 321 g/mol. The maximum atomic E-state index is 12.7. The van der Waals surface area contributed by atoms with Crippen LogP contribution >= 0.6 is 12.4 Å². The van der Waals surface area contributed by atoms with Gasteiger partial charge in [0.05, 0.1) is 5.69 Å². The third-order valence-corrected chi connectivity index (χ3v) is 4.12. The van der Waals surface area contributed by atoms with Gasteiger partial charge in [0.1, 0.15) is 0 Å². The van der Waals surface area contributed by atoms with E-state index in [-0.39, 0.29) is 24.4 Å². The van der Waals surface area contributed by atoms with Crippen LogP contribution in [0.25, 0.3) is 5.69 Å². The maximum Gasteiger partial charge on any atom is 0.254 e.